The summed E-state index contributed by atoms with van der Waals surface area (Å²) in [5.41, 5.74) is -0.503. The van der Waals surface area contributed by atoms with Gasteiger partial charge in [0.25, 0.3) is 0 Å². The van der Waals surface area contributed by atoms with Crippen molar-refractivity contribution >= 4 is 44.6 Å². The van der Waals surface area contributed by atoms with Gasteiger partial charge in [0.2, 0.25) is 0 Å². The predicted octanol–water partition coefficient (Wildman–Crippen LogP) is 3.77. The van der Waals surface area contributed by atoms with Crippen LogP contribution in [0.25, 0.3) is 0 Å². The van der Waals surface area contributed by atoms with E-state index in [2.05, 4.69) is 21.2 Å². The van der Waals surface area contributed by atoms with E-state index in [1.54, 1.807) is 11.3 Å². The molecule has 0 saturated heterocycles. The topological polar surface area (TPSA) is 92.5 Å². The lowest BCUT2D eigenvalue weighted by Crippen LogP contribution is -2.09. The number of nitrogens with one attached hydrogen (secondary N) is 1. The Morgan fingerprint density at radius 2 is 2.14 bits per heavy atom. The minimum absolute atomic E-state index is 0.218. The predicted molar refractivity (Wildman–Crippen MR) is 84.3 cm³/mol. The number of benzene rings is 1. The van der Waals surface area contributed by atoms with Crippen LogP contribution in [0.5, 0.6) is 0 Å². The van der Waals surface area contributed by atoms with Crippen LogP contribution in [0.4, 0.5) is 11.4 Å². The summed E-state index contributed by atoms with van der Waals surface area (Å²) in [6.07, 6.45) is 0.699. The molecular formula is C13H11BrN2O4S. The molecule has 2 rings (SSSR count). The zero-order chi connectivity index (χ0) is 15.4. The summed E-state index contributed by atoms with van der Waals surface area (Å²) in [5.74, 6) is -1.31. The number of para-hydroxylation sites is 1. The SMILES string of the molecule is O=C(O)c1cccc(NCCc2ccc(Br)s2)c1[N+](=O)[O-]. The second kappa shape index (κ2) is 6.68. The number of anilines is 1. The maximum atomic E-state index is 11.1. The minimum atomic E-state index is -1.31. The summed E-state index contributed by atoms with van der Waals surface area (Å²) in [6, 6.07) is 8.13. The van der Waals surface area contributed by atoms with E-state index in [0.717, 1.165) is 8.66 Å². The molecule has 0 aliphatic carbocycles. The van der Waals surface area contributed by atoms with Crippen molar-refractivity contribution in [3.8, 4) is 0 Å². The molecule has 0 fully saturated rings. The lowest BCUT2D eigenvalue weighted by atomic mass is 10.1. The third kappa shape index (κ3) is 3.79. The standard InChI is InChI=1S/C13H11BrN2O4S/c14-11-5-4-8(21-11)6-7-15-10-3-1-2-9(13(17)18)12(10)16(19)20/h1-5,15H,6-7H2,(H,17,18). The van der Waals surface area contributed by atoms with E-state index >= 15 is 0 Å². The van der Waals surface area contributed by atoms with Crippen LogP contribution in [-0.2, 0) is 6.42 Å². The first-order valence-corrected chi connectivity index (χ1v) is 7.59. The molecule has 0 spiro atoms. The average Bonchev–Trinajstić information content (AvgIpc) is 2.83. The van der Waals surface area contributed by atoms with Crippen molar-refractivity contribution < 1.29 is 14.8 Å². The van der Waals surface area contributed by atoms with Crippen LogP contribution in [0.2, 0.25) is 0 Å². The number of halogens is 1. The Morgan fingerprint density at radius 3 is 2.71 bits per heavy atom. The highest BCUT2D eigenvalue weighted by atomic mass is 79.9. The van der Waals surface area contributed by atoms with Gasteiger partial charge >= 0.3 is 11.7 Å². The zero-order valence-corrected chi connectivity index (χ0v) is 13.1. The fourth-order valence-corrected chi connectivity index (χ4v) is 3.34. The molecule has 0 aliphatic heterocycles. The number of hydrogen-bond donors (Lipinski definition) is 2. The van der Waals surface area contributed by atoms with Crippen molar-refractivity contribution in [2.24, 2.45) is 0 Å². The van der Waals surface area contributed by atoms with Gasteiger partial charge in [0.05, 0.1) is 8.71 Å². The molecule has 2 N–H and O–H groups in total. The van der Waals surface area contributed by atoms with Crippen LogP contribution in [0.1, 0.15) is 15.2 Å². The van der Waals surface area contributed by atoms with Crippen LogP contribution in [0.3, 0.4) is 0 Å². The quantitative estimate of drug-likeness (QED) is 0.596. The molecule has 8 heteroatoms. The van der Waals surface area contributed by atoms with Crippen LogP contribution < -0.4 is 5.32 Å². The first-order chi connectivity index (χ1) is 9.99. The number of carboxylic acid groups (broad SMARTS) is 1. The normalized spacial score (nSPS) is 10.3. The third-order valence-corrected chi connectivity index (χ3v) is 4.45. The number of carbonyl (C=O) groups is 1. The summed E-state index contributed by atoms with van der Waals surface area (Å²) >= 11 is 4.96. The number of carboxylic acids is 1. The van der Waals surface area contributed by atoms with Gasteiger partial charge in [0.1, 0.15) is 11.3 Å². The number of nitro benzene ring substituents is 1. The molecule has 1 heterocycles. The van der Waals surface area contributed by atoms with Gasteiger partial charge in [-0.3, -0.25) is 10.1 Å². The smallest absolute Gasteiger partial charge is 0.342 e. The molecule has 0 aliphatic rings. The summed E-state index contributed by atoms with van der Waals surface area (Å²) in [5, 5.41) is 23.0. The molecule has 6 nitrogen and oxygen atoms in total. The van der Waals surface area contributed by atoms with E-state index in [-0.39, 0.29) is 11.3 Å². The third-order valence-electron chi connectivity index (χ3n) is 2.76. The monoisotopic (exact) mass is 370 g/mol. The Bertz CT molecular complexity index is 687. The number of nitrogens with zero attached hydrogens (tertiary/aromatic N) is 1. The molecule has 2 aromatic rings. The molecule has 0 amide bonds. The van der Waals surface area contributed by atoms with Crippen molar-refractivity contribution in [3.63, 3.8) is 0 Å². The highest BCUT2D eigenvalue weighted by Crippen LogP contribution is 2.29. The largest absolute Gasteiger partial charge is 0.477 e. The lowest BCUT2D eigenvalue weighted by Gasteiger charge is -2.08. The molecular weight excluding hydrogens is 360 g/mol. The Hall–Kier alpha value is -1.93. The van der Waals surface area contributed by atoms with E-state index in [0.29, 0.717) is 13.0 Å². The Balaban J connectivity index is 2.14. The fraction of sp³-hybridized carbons (Fsp3) is 0.154. The van der Waals surface area contributed by atoms with Crippen molar-refractivity contribution in [1.82, 2.24) is 0 Å². The van der Waals surface area contributed by atoms with Crippen LogP contribution >= 0.6 is 27.3 Å². The first kappa shape index (κ1) is 15.5. The van der Waals surface area contributed by atoms with E-state index in [4.69, 9.17) is 5.11 Å². The highest BCUT2D eigenvalue weighted by Gasteiger charge is 2.23. The van der Waals surface area contributed by atoms with E-state index in [1.165, 1.54) is 18.2 Å². The summed E-state index contributed by atoms with van der Waals surface area (Å²) in [4.78, 5) is 22.6. The van der Waals surface area contributed by atoms with Gasteiger partial charge in [-0.15, -0.1) is 11.3 Å². The molecule has 0 bridgehead atoms. The second-order valence-electron chi connectivity index (χ2n) is 4.15. The van der Waals surface area contributed by atoms with Crippen LogP contribution in [0.15, 0.2) is 34.1 Å². The van der Waals surface area contributed by atoms with Crippen LogP contribution in [0, 0.1) is 10.1 Å². The van der Waals surface area contributed by atoms with Gasteiger partial charge in [-0.1, -0.05) is 6.07 Å². The zero-order valence-electron chi connectivity index (χ0n) is 10.7. The first-order valence-electron chi connectivity index (χ1n) is 5.98. The minimum Gasteiger partial charge on any atom is -0.477 e. The maximum absolute atomic E-state index is 11.1. The number of nitro groups is 1. The molecule has 110 valence electrons. The van der Waals surface area contributed by atoms with Gasteiger partial charge in [0.15, 0.2) is 0 Å². The molecule has 0 saturated carbocycles. The summed E-state index contributed by atoms with van der Waals surface area (Å²) < 4.78 is 1.02. The number of thiophene rings is 1. The molecule has 0 radical (unpaired) electrons. The molecule has 0 unspecified atom stereocenters. The second-order valence-corrected chi connectivity index (χ2v) is 6.69. The van der Waals surface area contributed by atoms with E-state index in [1.807, 2.05) is 12.1 Å². The summed E-state index contributed by atoms with van der Waals surface area (Å²) in [7, 11) is 0. The van der Waals surface area contributed by atoms with Crippen molar-refractivity contribution in [2.45, 2.75) is 6.42 Å². The van der Waals surface area contributed by atoms with Crippen LogP contribution in [-0.4, -0.2) is 22.5 Å². The Kier molecular flexibility index (Phi) is 4.92. The molecule has 21 heavy (non-hydrogen) atoms. The van der Waals surface area contributed by atoms with Gasteiger partial charge in [-0.25, -0.2) is 4.79 Å². The van der Waals surface area contributed by atoms with Gasteiger partial charge in [-0.05, 0) is 46.6 Å². The molecule has 1 aromatic heterocycles. The van der Waals surface area contributed by atoms with Gasteiger partial charge < -0.3 is 10.4 Å². The average molecular weight is 371 g/mol. The Labute approximate surface area is 132 Å². The molecule has 0 atom stereocenters. The van der Waals surface area contributed by atoms with Crippen molar-refractivity contribution in [3.05, 3.63) is 54.7 Å². The Morgan fingerprint density at radius 1 is 1.38 bits per heavy atom. The van der Waals surface area contributed by atoms with Crippen molar-refractivity contribution in [1.29, 1.82) is 0 Å². The lowest BCUT2D eigenvalue weighted by molar-refractivity contribution is -0.384. The fourth-order valence-electron chi connectivity index (χ4n) is 1.86. The molecule has 1 aromatic carbocycles. The van der Waals surface area contributed by atoms with Gasteiger partial charge in [-0.2, -0.15) is 0 Å². The van der Waals surface area contributed by atoms with E-state index < -0.39 is 16.6 Å². The van der Waals surface area contributed by atoms with E-state index in [9.17, 15) is 14.9 Å². The number of rotatable bonds is 6. The maximum Gasteiger partial charge on any atom is 0.342 e. The highest BCUT2D eigenvalue weighted by molar-refractivity contribution is 9.11. The number of hydrogen-bond acceptors (Lipinski definition) is 5. The summed E-state index contributed by atoms with van der Waals surface area (Å²) in [6.45, 7) is 0.483. The van der Waals surface area contributed by atoms with Gasteiger partial charge in [0, 0.05) is 11.4 Å². The number of aromatic carboxylic acids is 1. The van der Waals surface area contributed by atoms with Crippen molar-refractivity contribution in [2.75, 3.05) is 11.9 Å².